The molecule has 0 amide bonds. The van der Waals surface area contributed by atoms with E-state index in [1.54, 1.807) is 6.20 Å². The Morgan fingerprint density at radius 1 is 1.04 bits per heavy atom. The molecule has 0 saturated carbocycles. The van der Waals surface area contributed by atoms with Crippen LogP contribution in [0.2, 0.25) is 0 Å². The van der Waals surface area contributed by atoms with E-state index in [4.69, 9.17) is 5.73 Å². The van der Waals surface area contributed by atoms with Gasteiger partial charge in [0, 0.05) is 17.3 Å². The van der Waals surface area contributed by atoms with Crippen LogP contribution in [0.5, 0.6) is 0 Å². The van der Waals surface area contributed by atoms with Crippen molar-refractivity contribution in [2.24, 2.45) is 0 Å². The fourth-order valence-electron chi connectivity index (χ4n) is 2.63. The predicted molar refractivity (Wildman–Crippen MR) is 91.5 cm³/mol. The van der Waals surface area contributed by atoms with Crippen LogP contribution in [0.3, 0.4) is 0 Å². The zero-order valence-electron chi connectivity index (χ0n) is 13.0. The molecule has 0 atom stereocenters. The van der Waals surface area contributed by atoms with Gasteiger partial charge in [0.15, 0.2) is 0 Å². The van der Waals surface area contributed by atoms with E-state index in [0.29, 0.717) is 5.56 Å². The highest BCUT2D eigenvalue weighted by atomic mass is 14.9. The first-order valence-corrected chi connectivity index (χ1v) is 7.30. The summed E-state index contributed by atoms with van der Waals surface area (Å²) >= 11 is 0. The van der Waals surface area contributed by atoms with Crippen LogP contribution in [-0.2, 0) is 0 Å². The Kier molecular flexibility index (Phi) is 3.78. The van der Waals surface area contributed by atoms with E-state index >= 15 is 0 Å². The molecule has 2 N–H and O–H groups in total. The third-order valence-electron chi connectivity index (χ3n) is 3.83. The predicted octanol–water partition coefficient (Wildman–Crippen LogP) is 3.88. The summed E-state index contributed by atoms with van der Waals surface area (Å²) in [5, 5.41) is 9.49. The number of nitrogens with zero attached hydrogens (tertiary/aromatic N) is 3. The highest BCUT2D eigenvalue weighted by Crippen LogP contribution is 2.34. The molecule has 0 bridgehead atoms. The van der Waals surface area contributed by atoms with E-state index in [1.165, 1.54) is 5.56 Å². The maximum absolute atomic E-state index is 9.49. The van der Waals surface area contributed by atoms with Crippen molar-refractivity contribution in [2.45, 2.75) is 13.8 Å². The normalized spacial score (nSPS) is 10.3. The quantitative estimate of drug-likeness (QED) is 0.779. The van der Waals surface area contributed by atoms with Crippen molar-refractivity contribution < 1.29 is 0 Å². The Bertz CT molecular complexity index is 891. The third-order valence-corrected chi connectivity index (χ3v) is 3.83. The van der Waals surface area contributed by atoms with Crippen LogP contribution in [0, 0.1) is 25.2 Å². The van der Waals surface area contributed by atoms with Gasteiger partial charge in [0.05, 0.1) is 11.4 Å². The Hall–Kier alpha value is -3.19. The van der Waals surface area contributed by atoms with Gasteiger partial charge in [0.1, 0.15) is 17.5 Å². The zero-order chi connectivity index (χ0) is 16.4. The van der Waals surface area contributed by atoms with Crippen LogP contribution in [0.25, 0.3) is 22.5 Å². The Morgan fingerprint density at radius 2 is 1.78 bits per heavy atom. The number of rotatable bonds is 2. The first-order valence-electron chi connectivity index (χ1n) is 7.30. The molecule has 0 radical (unpaired) electrons. The van der Waals surface area contributed by atoms with Gasteiger partial charge in [-0.2, -0.15) is 5.26 Å². The summed E-state index contributed by atoms with van der Waals surface area (Å²) in [5.74, 6) is 0.231. The number of aryl methyl sites for hydroxylation is 1. The van der Waals surface area contributed by atoms with Crippen molar-refractivity contribution in [1.29, 1.82) is 5.26 Å². The van der Waals surface area contributed by atoms with E-state index in [-0.39, 0.29) is 5.82 Å². The molecule has 23 heavy (non-hydrogen) atoms. The second-order valence-corrected chi connectivity index (χ2v) is 5.41. The topological polar surface area (TPSA) is 75.6 Å². The van der Waals surface area contributed by atoms with Crippen LogP contribution >= 0.6 is 0 Å². The lowest BCUT2D eigenvalue weighted by atomic mass is 9.95. The van der Waals surface area contributed by atoms with Crippen LogP contribution in [0.4, 0.5) is 5.82 Å². The van der Waals surface area contributed by atoms with Crippen LogP contribution in [0.1, 0.15) is 16.7 Å². The van der Waals surface area contributed by atoms with Crippen molar-refractivity contribution in [1.82, 2.24) is 9.97 Å². The van der Waals surface area contributed by atoms with Gasteiger partial charge < -0.3 is 5.73 Å². The minimum Gasteiger partial charge on any atom is -0.383 e. The molecule has 0 saturated heterocycles. The second kappa shape index (κ2) is 5.90. The number of nitrogens with two attached hydrogens (primary N) is 1. The standard InChI is InChI=1S/C19H16N4/c1-12-6-8-14(9-7-12)18-13(2)17(15(11-20)19(21)23-18)16-5-3-4-10-22-16/h3-10H,1-2H3,(H2,21,23). The number of nitriles is 1. The Morgan fingerprint density at radius 3 is 2.39 bits per heavy atom. The Balaban J connectivity index is 2.31. The van der Waals surface area contributed by atoms with Crippen molar-refractivity contribution in [3.63, 3.8) is 0 Å². The summed E-state index contributed by atoms with van der Waals surface area (Å²) in [6.45, 7) is 3.99. The van der Waals surface area contributed by atoms with Gasteiger partial charge in [-0.25, -0.2) is 4.98 Å². The van der Waals surface area contributed by atoms with E-state index in [1.807, 2.05) is 56.3 Å². The van der Waals surface area contributed by atoms with Crippen molar-refractivity contribution in [2.75, 3.05) is 5.73 Å². The van der Waals surface area contributed by atoms with Crippen molar-refractivity contribution >= 4 is 5.82 Å². The number of nitrogen functional groups attached to an aromatic ring is 1. The summed E-state index contributed by atoms with van der Waals surface area (Å²) in [6.07, 6.45) is 1.71. The average molecular weight is 300 g/mol. The monoisotopic (exact) mass is 300 g/mol. The molecule has 2 heterocycles. The van der Waals surface area contributed by atoms with Gasteiger partial charge >= 0.3 is 0 Å². The molecule has 4 heteroatoms. The molecule has 0 fully saturated rings. The van der Waals surface area contributed by atoms with Gasteiger partial charge in [0.2, 0.25) is 0 Å². The zero-order valence-corrected chi connectivity index (χ0v) is 13.0. The van der Waals surface area contributed by atoms with E-state index < -0.39 is 0 Å². The maximum atomic E-state index is 9.49. The third kappa shape index (κ3) is 2.65. The molecule has 0 spiro atoms. The molecule has 112 valence electrons. The van der Waals surface area contributed by atoms with Gasteiger partial charge in [-0.15, -0.1) is 0 Å². The first-order chi connectivity index (χ1) is 11.1. The first kappa shape index (κ1) is 14.7. The van der Waals surface area contributed by atoms with Crippen LogP contribution < -0.4 is 5.73 Å². The van der Waals surface area contributed by atoms with Crippen molar-refractivity contribution in [3.05, 3.63) is 65.4 Å². The van der Waals surface area contributed by atoms with Crippen LogP contribution in [0.15, 0.2) is 48.7 Å². The lowest BCUT2D eigenvalue weighted by Gasteiger charge is -2.14. The maximum Gasteiger partial charge on any atom is 0.142 e. The summed E-state index contributed by atoms with van der Waals surface area (Å²) in [4.78, 5) is 8.83. The number of hydrogen-bond donors (Lipinski definition) is 1. The fourth-order valence-corrected chi connectivity index (χ4v) is 2.63. The molecule has 0 aliphatic heterocycles. The van der Waals surface area contributed by atoms with Crippen LogP contribution in [-0.4, -0.2) is 9.97 Å². The SMILES string of the molecule is Cc1ccc(-c2nc(N)c(C#N)c(-c3ccccn3)c2C)cc1. The highest BCUT2D eigenvalue weighted by Gasteiger charge is 2.18. The molecule has 2 aromatic heterocycles. The second-order valence-electron chi connectivity index (χ2n) is 5.41. The van der Waals surface area contributed by atoms with Gasteiger partial charge in [-0.1, -0.05) is 35.9 Å². The molecule has 0 aliphatic rings. The summed E-state index contributed by atoms with van der Waals surface area (Å²) < 4.78 is 0. The largest absolute Gasteiger partial charge is 0.383 e. The van der Waals surface area contributed by atoms with Crippen molar-refractivity contribution in [3.8, 4) is 28.6 Å². The molecule has 4 nitrogen and oxygen atoms in total. The number of pyridine rings is 2. The molecule has 0 unspecified atom stereocenters. The minimum absolute atomic E-state index is 0.231. The molecule has 0 aliphatic carbocycles. The number of aromatic nitrogens is 2. The fraction of sp³-hybridized carbons (Fsp3) is 0.105. The Labute approximate surface area is 135 Å². The molecular formula is C19H16N4. The number of anilines is 1. The minimum atomic E-state index is 0.231. The smallest absolute Gasteiger partial charge is 0.142 e. The number of benzene rings is 1. The summed E-state index contributed by atoms with van der Waals surface area (Å²) in [7, 11) is 0. The van der Waals surface area contributed by atoms with Gasteiger partial charge in [-0.3, -0.25) is 4.98 Å². The summed E-state index contributed by atoms with van der Waals surface area (Å²) in [5.41, 5.74) is 11.7. The average Bonchev–Trinajstić information content (AvgIpc) is 2.58. The van der Waals surface area contributed by atoms with Gasteiger partial charge in [0.25, 0.3) is 0 Å². The molecule has 3 rings (SSSR count). The highest BCUT2D eigenvalue weighted by molar-refractivity contribution is 5.82. The number of hydrogen-bond acceptors (Lipinski definition) is 4. The molecule has 1 aromatic carbocycles. The summed E-state index contributed by atoms with van der Waals surface area (Å²) in [6, 6.07) is 15.9. The molecular weight excluding hydrogens is 284 g/mol. The van der Waals surface area contributed by atoms with E-state index in [0.717, 1.165) is 28.1 Å². The van der Waals surface area contributed by atoms with Gasteiger partial charge in [-0.05, 0) is 31.5 Å². The van der Waals surface area contributed by atoms with E-state index in [9.17, 15) is 5.26 Å². The van der Waals surface area contributed by atoms with E-state index in [2.05, 4.69) is 16.0 Å². The molecule has 3 aromatic rings. The lowest BCUT2D eigenvalue weighted by molar-refractivity contribution is 1.23. The lowest BCUT2D eigenvalue weighted by Crippen LogP contribution is -2.03.